The summed E-state index contributed by atoms with van der Waals surface area (Å²) < 4.78 is 39.4. The summed E-state index contributed by atoms with van der Waals surface area (Å²) in [6.45, 7) is 3.78. The lowest BCUT2D eigenvalue weighted by atomic mass is 9.97. The van der Waals surface area contributed by atoms with Crippen LogP contribution in [0.1, 0.15) is 31.4 Å². The molecule has 0 aliphatic rings. The largest absolute Gasteiger partial charge is 0.416 e. The minimum atomic E-state index is -4.45. The topological polar surface area (TPSA) is 82.3 Å². The maximum Gasteiger partial charge on any atom is 0.416 e. The molecule has 3 unspecified atom stereocenters. The Bertz CT molecular complexity index is 1310. The molecule has 2 amide bonds. The van der Waals surface area contributed by atoms with Gasteiger partial charge in [-0.15, -0.1) is 0 Å². The highest BCUT2D eigenvalue weighted by Gasteiger charge is 2.31. The summed E-state index contributed by atoms with van der Waals surface area (Å²) in [5.41, 5.74) is 0.999. The van der Waals surface area contributed by atoms with Crippen LogP contribution >= 0.6 is 28.1 Å². The molecule has 0 heterocycles. The van der Waals surface area contributed by atoms with Crippen molar-refractivity contribution < 1.29 is 22.8 Å². The van der Waals surface area contributed by atoms with E-state index in [-0.39, 0.29) is 23.4 Å². The predicted molar refractivity (Wildman–Crippen MR) is 159 cm³/mol. The molecule has 3 atom stereocenters. The standard InChI is InChI=1S/C29H30BrF3N4O2S/c1-3-18(2)25(37-28(40)35-22-14-12-20(13-15-22)29(31,32)33)27(39)36-24(16-19-8-5-4-6-9-19)26(38)34-23-11-7-10-21(30)17-23/h4-15,17-18,24-25H,3,16H2,1-2H3,(H,34,38)(H,36,39)(H2,35,37,40). The normalized spacial score (nSPS) is 13.4. The third kappa shape index (κ3) is 9.34. The molecule has 0 spiro atoms. The van der Waals surface area contributed by atoms with Crippen LogP contribution in [0, 0.1) is 5.92 Å². The summed E-state index contributed by atoms with van der Waals surface area (Å²) in [5, 5.41) is 11.6. The molecular weight excluding hydrogens is 605 g/mol. The fourth-order valence-corrected chi connectivity index (χ4v) is 4.51. The van der Waals surface area contributed by atoms with Crippen molar-refractivity contribution in [2.45, 2.75) is 44.9 Å². The molecule has 6 nitrogen and oxygen atoms in total. The van der Waals surface area contributed by atoms with E-state index >= 15 is 0 Å². The van der Waals surface area contributed by atoms with Crippen molar-refractivity contribution in [2.75, 3.05) is 10.6 Å². The molecule has 0 aromatic heterocycles. The zero-order valence-corrected chi connectivity index (χ0v) is 24.3. The van der Waals surface area contributed by atoms with E-state index in [4.69, 9.17) is 12.2 Å². The minimum absolute atomic E-state index is 0.0680. The molecule has 0 aliphatic heterocycles. The van der Waals surface area contributed by atoms with Gasteiger partial charge in [-0.25, -0.2) is 0 Å². The third-order valence-corrected chi connectivity index (χ3v) is 6.97. The molecule has 212 valence electrons. The molecule has 0 saturated heterocycles. The van der Waals surface area contributed by atoms with Crippen molar-refractivity contribution >= 4 is 56.4 Å². The molecular formula is C29H30BrF3N4O2S. The van der Waals surface area contributed by atoms with Gasteiger partial charge in [0, 0.05) is 22.3 Å². The number of carbonyl (C=O) groups is 2. The zero-order chi connectivity index (χ0) is 29.3. The van der Waals surface area contributed by atoms with Gasteiger partial charge in [-0.2, -0.15) is 13.2 Å². The molecule has 11 heteroatoms. The van der Waals surface area contributed by atoms with E-state index in [0.717, 1.165) is 22.2 Å². The fraction of sp³-hybridized carbons (Fsp3) is 0.276. The quantitative estimate of drug-likeness (QED) is 0.191. The molecule has 0 radical (unpaired) electrons. The number of hydrogen-bond acceptors (Lipinski definition) is 3. The van der Waals surface area contributed by atoms with Gasteiger partial charge in [0.1, 0.15) is 12.1 Å². The molecule has 0 aliphatic carbocycles. The summed E-state index contributed by atoms with van der Waals surface area (Å²) in [7, 11) is 0. The Labute approximate surface area is 245 Å². The molecule has 0 fully saturated rings. The Kier molecular flexibility index (Phi) is 11.1. The Morgan fingerprint density at radius 1 is 0.875 bits per heavy atom. The van der Waals surface area contributed by atoms with E-state index < -0.39 is 29.7 Å². The number of alkyl halides is 3. The maximum absolute atomic E-state index is 13.5. The Morgan fingerprint density at radius 2 is 1.55 bits per heavy atom. The summed E-state index contributed by atoms with van der Waals surface area (Å²) in [5.74, 6) is -1.00. The molecule has 0 saturated carbocycles. The van der Waals surface area contributed by atoms with Gasteiger partial charge >= 0.3 is 6.18 Å². The minimum Gasteiger partial charge on any atom is -0.350 e. The predicted octanol–water partition coefficient (Wildman–Crippen LogP) is 6.54. The van der Waals surface area contributed by atoms with Gasteiger partial charge in [0.05, 0.1) is 5.56 Å². The van der Waals surface area contributed by atoms with Crippen LogP contribution in [0.2, 0.25) is 0 Å². The van der Waals surface area contributed by atoms with Gasteiger partial charge in [-0.1, -0.05) is 72.6 Å². The highest BCUT2D eigenvalue weighted by molar-refractivity contribution is 9.10. The average molecular weight is 636 g/mol. The molecule has 3 aromatic carbocycles. The first-order valence-electron chi connectivity index (χ1n) is 12.6. The van der Waals surface area contributed by atoms with Crippen LogP contribution in [-0.2, 0) is 22.2 Å². The number of thiocarbonyl (C=S) groups is 1. The SMILES string of the molecule is CCC(C)C(NC(=S)Nc1ccc(C(F)(F)F)cc1)C(=O)NC(Cc1ccccc1)C(=O)Nc1cccc(Br)c1. The molecule has 40 heavy (non-hydrogen) atoms. The van der Waals surface area contributed by atoms with Crippen molar-refractivity contribution in [1.29, 1.82) is 0 Å². The van der Waals surface area contributed by atoms with Crippen LogP contribution < -0.4 is 21.3 Å². The highest BCUT2D eigenvalue weighted by Crippen LogP contribution is 2.29. The third-order valence-electron chi connectivity index (χ3n) is 6.26. The van der Waals surface area contributed by atoms with Crippen LogP contribution in [-0.4, -0.2) is 29.0 Å². The average Bonchev–Trinajstić information content (AvgIpc) is 2.91. The lowest BCUT2D eigenvalue weighted by Gasteiger charge is -2.27. The van der Waals surface area contributed by atoms with Crippen LogP contribution in [0.3, 0.4) is 0 Å². The van der Waals surface area contributed by atoms with Crippen molar-refractivity contribution in [1.82, 2.24) is 10.6 Å². The Hall–Kier alpha value is -3.44. The molecule has 4 N–H and O–H groups in total. The summed E-state index contributed by atoms with van der Waals surface area (Å²) in [6.07, 6.45) is -3.56. The lowest BCUT2D eigenvalue weighted by molar-refractivity contribution is -0.137. The van der Waals surface area contributed by atoms with Crippen LogP contribution in [0.25, 0.3) is 0 Å². The van der Waals surface area contributed by atoms with Gasteiger partial charge in [0.25, 0.3) is 0 Å². The lowest BCUT2D eigenvalue weighted by Crippen LogP contribution is -2.56. The first kappa shape index (κ1) is 31.1. The summed E-state index contributed by atoms with van der Waals surface area (Å²) in [4.78, 5) is 26.8. The number of halogens is 4. The number of hydrogen-bond donors (Lipinski definition) is 4. The number of benzene rings is 3. The van der Waals surface area contributed by atoms with Crippen molar-refractivity contribution in [3.05, 3.63) is 94.5 Å². The summed E-state index contributed by atoms with van der Waals surface area (Å²) >= 11 is 8.75. The van der Waals surface area contributed by atoms with E-state index in [1.807, 2.05) is 50.2 Å². The molecule has 3 aromatic rings. The van der Waals surface area contributed by atoms with E-state index in [1.165, 1.54) is 12.1 Å². The second-order valence-electron chi connectivity index (χ2n) is 9.29. The van der Waals surface area contributed by atoms with Gasteiger partial charge in [0.2, 0.25) is 11.8 Å². The second kappa shape index (κ2) is 14.3. The smallest absolute Gasteiger partial charge is 0.350 e. The number of carbonyl (C=O) groups excluding carboxylic acids is 2. The summed E-state index contributed by atoms with van der Waals surface area (Å²) in [6, 6.07) is 19.2. The van der Waals surface area contributed by atoms with Gasteiger partial charge in [-0.05, 0) is 66.2 Å². The zero-order valence-electron chi connectivity index (χ0n) is 21.9. The Balaban J connectivity index is 1.74. The van der Waals surface area contributed by atoms with Crippen LogP contribution in [0.15, 0.2) is 83.3 Å². The highest BCUT2D eigenvalue weighted by atomic mass is 79.9. The van der Waals surface area contributed by atoms with Crippen LogP contribution in [0.4, 0.5) is 24.5 Å². The van der Waals surface area contributed by atoms with Gasteiger partial charge < -0.3 is 21.3 Å². The van der Waals surface area contributed by atoms with Crippen molar-refractivity contribution in [3.8, 4) is 0 Å². The van der Waals surface area contributed by atoms with E-state index in [1.54, 1.807) is 18.2 Å². The number of nitrogens with one attached hydrogen (secondary N) is 4. The van der Waals surface area contributed by atoms with Gasteiger partial charge in [0.15, 0.2) is 5.11 Å². The number of rotatable bonds is 10. The number of anilines is 2. The van der Waals surface area contributed by atoms with Crippen molar-refractivity contribution in [3.63, 3.8) is 0 Å². The van der Waals surface area contributed by atoms with Crippen molar-refractivity contribution in [2.24, 2.45) is 5.92 Å². The monoisotopic (exact) mass is 634 g/mol. The van der Waals surface area contributed by atoms with E-state index in [2.05, 4.69) is 37.2 Å². The first-order chi connectivity index (χ1) is 19.0. The molecule has 0 bridgehead atoms. The molecule has 3 rings (SSSR count). The number of amides is 2. The van der Waals surface area contributed by atoms with E-state index in [9.17, 15) is 22.8 Å². The Morgan fingerprint density at radius 3 is 2.15 bits per heavy atom. The van der Waals surface area contributed by atoms with Gasteiger partial charge in [-0.3, -0.25) is 9.59 Å². The van der Waals surface area contributed by atoms with E-state index in [0.29, 0.717) is 17.8 Å². The fourth-order valence-electron chi connectivity index (χ4n) is 3.87. The second-order valence-corrected chi connectivity index (χ2v) is 10.6. The first-order valence-corrected chi connectivity index (χ1v) is 13.8. The maximum atomic E-state index is 13.5. The van der Waals surface area contributed by atoms with Crippen LogP contribution in [0.5, 0.6) is 0 Å².